The zero-order valence-electron chi connectivity index (χ0n) is 16.5. The van der Waals surface area contributed by atoms with E-state index in [1.165, 1.54) is 18.4 Å². The molecule has 1 atom stereocenters. The fraction of sp³-hybridized carbons (Fsp3) is 0.429. The standard InChI is InChI=1S/C21H25BrN2O3S/c1-21(2,3)11-5-7-13-16(9-11)28-20(17(13)18(23)25)24-19(26)14-10-12(22)6-8-15(14)27-4/h6,8,10-11H,5,7,9H2,1-4H3,(H2,23,25)(H,24,26)/t11-/m0/s1. The fourth-order valence-corrected chi connectivity index (χ4v) is 5.39. The maximum atomic E-state index is 12.9. The van der Waals surface area contributed by atoms with Gasteiger partial charge in [-0.3, -0.25) is 9.59 Å². The van der Waals surface area contributed by atoms with Gasteiger partial charge in [0.25, 0.3) is 11.8 Å². The molecule has 28 heavy (non-hydrogen) atoms. The van der Waals surface area contributed by atoms with Crippen molar-refractivity contribution < 1.29 is 14.3 Å². The number of amides is 2. The van der Waals surface area contributed by atoms with E-state index < -0.39 is 5.91 Å². The number of carbonyl (C=O) groups is 2. The van der Waals surface area contributed by atoms with Crippen LogP contribution in [0.5, 0.6) is 5.75 Å². The quantitative estimate of drug-likeness (QED) is 0.665. The van der Waals surface area contributed by atoms with Crippen LogP contribution < -0.4 is 15.8 Å². The van der Waals surface area contributed by atoms with E-state index in [4.69, 9.17) is 10.5 Å². The lowest BCUT2D eigenvalue weighted by Crippen LogP contribution is -2.27. The summed E-state index contributed by atoms with van der Waals surface area (Å²) >= 11 is 4.85. The smallest absolute Gasteiger partial charge is 0.260 e. The van der Waals surface area contributed by atoms with Crippen LogP contribution in [0.4, 0.5) is 5.00 Å². The van der Waals surface area contributed by atoms with Gasteiger partial charge in [0.05, 0.1) is 18.2 Å². The molecule has 2 aromatic rings. The number of nitrogens with two attached hydrogens (primary N) is 1. The van der Waals surface area contributed by atoms with Crippen molar-refractivity contribution in [2.75, 3.05) is 12.4 Å². The number of ether oxygens (including phenoxy) is 1. The maximum Gasteiger partial charge on any atom is 0.260 e. The lowest BCUT2D eigenvalue weighted by molar-refractivity contribution is 0.1000. The third kappa shape index (κ3) is 4.10. The number of thiophene rings is 1. The monoisotopic (exact) mass is 464 g/mol. The minimum atomic E-state index is -0.497. The molecule has 7 heteroatoms. The zero-order valence-corrected chi connectivity index (χ0v) is 18.9. The van der Waals surface area contributed by atoms with Crippen molar-refractivity contribution in [1.82, 2.24) is 0 Å². The summed E-state index contributed by atoms with van der Waals surface area (Å²) in [7, 11) is 1.52. The molecular weight excluding hydrogens is 440 g/mol. The molecule has 5 nitrogen and oxygen atoms in total. The molecular formula is C21H25BrN2O3S. The van der Waals surface area contributed by atoms with E-state index in [1.807, 2.05) is 0 Å². The van der Waals surface area contributed by atoms with Gasteiger partial charge in [0.15, 0.2) is 0 Å². The lowest BCUT2D eigenvalue weighted by atomic mass is 9.72. The second-order valence-electron chi connectivity index (χ2n) is 8.18. The van der Waals surface area contributed by atoms with Gasteiger partial charge >= 0.3 is 0 Å². The summed E-state index contributed by atoms with van der Waals surface area (Å²) in [6.07, 6.45) is 2.72. The lowest BCUT2D eigenvalue weighted by Gasteiger charge is -2.33. The summed E-state index contributed by atoms with van der Waals surface area (Å²) in [5.41, 5.74) is 7.72. The highest BCUT2D eigenvalue weighted by Gasteiger charge is 2.33. The summed E-state index contributed by atoms with van der Waals surface area (Å²) in [6, 6.07) is 5.23. The number of hydrogen-bond donors (Lipinski definition) is 2. The van der Waals surface area contributed by atoms with Crippen molar-refractivity contribution in [3.63, 3.8) is 0 Å². The molecule has 150 valence electrons. The van der Waals surface area contributed by atoms with Gasteiger partial charge in [0, 0.05) is 9.35 Å². The second-order valence-corrected chi connectivity index (χ2v) is 10.2. The first-order chi connectivity index (χ1) is 13.1. The Balaban J connectivity index is 1.95. The first-order valence-corrected chi connectivity index (χ1v) is 10.8. The molecule has 1 aromatic heterocycles. The van der Waals surface area contributed by atoms with Crippen LogP contribution in [0.2, 0.25) is 0 Å². The van der Waals surface area contributed by atoms with Crippen LogP contribution in [-0.4, -0.2) is 18.9 Å². The molecule has 0 spiro atoms. The van der Waals surface area contributed by atoms with E-state index in [2.05, 4.69) is 42.0 Å². The number of benzene rings is 1. The van der Waals surface area contributed by atoms with Crippen molar-refractivity contribution in [2.45, 2.75) is 40.0 Å². The number of anilines is 1. The van der Waals surface area contributed by atoms with E-state index in [9.17, 15) is 9.59 Å². The van der Waals surface area contributed by atoms with Gasteiger partial charge < -0.3 is 15.8 Å². The molecule has 1 aliphatic rings. The molecule has 3 N–H and O–H groups in total. The maximum absolute atomic E-state index is 12.9. The normalized spacial score (nSPS) is 16.4. The number of rotatable bonds is 4. The number of primary amides is 1. The average molecular weight is 465 g/mol. The Hall–Kier alpha value is -1.86. The van der Waals surface area contributed by atoms with Crippen molar-refractivity contribution in [1.29, 1.82) is 0 Å². The number of carbonyl (C=O) groups excluding carboxylic acids is 2. The van der Waals surface area contributed by atoms with Crippen molar-refractivity contribution in [3.05, 3.63) is 44.2 Å². The van der Waals surface area contributed by atoms with Crippen LogP contribution in [0.15, 0.2) is 22.7 Å². The highest BCUT2D eigenvalue weighted by molar-refractivity contribution is 9.10. The number of nitrogens with one attached hydrogen (secondary N) is 1. The van der Waals surface area contributed by atoms with Gasteiger partial charge in [0.1, 0.15) is 10.8 Å². The largest absolute Gasteiger partial charge is 0.496 e. The highest BCUT2D eigenvalue weighted by atomic mass is 79.9. The molecule has 2 amide bonds. The summed E-state index contributed by atoms with van der Waals surface area (Å²) in [6.45, 7) is 6.73. The van der Waals surface area contributed by atoms with Crippen LogP contribution in [0.1, 0.15) is 58.3 Å². The SMILES string of the molecule is COc1ccc(Br)cc1C(=O)Nc1sc2c(c1C(N)=O)CC[C@H](C(C)(C)C)C2. The summed E-state index contributed by atoms with van der Waals surface area (Å²) in [5, 5.41) is 3.43. The Morgan fingerprint density at radius 2 is 2.04 bits per heavy atom. The van der Waals surface area contributed by atoms with Gasteiger partial charge in [-0.15, -0.1) is 11.3 Å². The highest BCUT2D eigenvalue weighted by Crippen LogP contribution is 2.44. The van der Waals surface area contributed by atoms with E-state index >= 15 is 0 Å². The van der Waals surface area contributed by atoms with E-state index in [-0.39, 0.29) is 11.3 Å². The number of fused-ring (bicyclic) bond motifs is 1. The Labute approximate surface area is 177 Å². The minimum absolute atomic E-state index is 0.196. The Morgan fingerprint density at radius 1 is 1.32 bits per heavy atom. The van der Waals surface area contributed by atoms with E-state index in [0.717, 1.165) is 34.2 Å². The van der Waals surface area contributed by atoms with Gasteiger partial charge in [-0.05, 0) is 54.4 Å². The molecule has 0 aliphatic heterocycles. The van der Waals surface area contributed by atoms with Crippen LogP contribution in [0.25, 0.3) is 0 Å². The van der Waals surface area contributed by atoms with Gasteiger partial charge in [-0.25, -0.2) is 0 Å². The van der Waals surface area contributed by atoms with Gasteiger partial charge in [0.2, 0.25) is 0 Å². The second kappa shape index (κ2) is 7.87. The van der Waals surface area contributed by atoms with Gasteiger partial charge in [-0.1, -0.05) is 36.7 Å². The van der Waals surface area contributed by atoms with Gasteiger partial charge in [-0.2, -0.15) is 0 Å². The Kier molecular flexibility index (Phi) is 5.87. The number of methoxy groups -OCH3 is 1. The number of hydrogen-bond acceptors (Lipinski definition) is 4. The Bertz CT molecular complexity index is 930. The summed E-state index contributed by atoms with van der Waals surface area (Å²) < 4.78 is 6.07. The Morgan fingerprint density at radius 3 is 2.64 bits per heavy atom. The van der Waals surface area contributed by atoms with Crippen molar-refractivity contribution in [3.8, 4) is 5.75 Å². The topological polar surface area (TPSA) is 81.4 Å². The predicted octanol–water partition coefficient (Wildman–Crippen LogP) is 5.02. The van der Waals surface area contributed by atoms with Crippen molar-refractivity contribution in [2.24, 2.45) is 17.1 Å². The molecule has 0 unspecified atom stereocenters. The third-order valence-electron chi connectivity index (χ3n) is 5.37. The van der Waals surface area contributed by atoms with E-state index in [0.29, 0.717) is 27.8 Å². The first-order valence-electron chi connectivity index (χ1n) is 9.21. The van der Waals surface area contributed by atoms with Crippen molar-refractivity contribution >= 4 is 44.1 Å². The molecule has 0 saturated carbocycles. The van der Waals surface area contributed by atoms with Crippen LogP contribution in [0, 0.1) is 11.3 Å². The molecule has 0 radical (unpaired) electrons. The molecule has 0 bridgehead atoms. The number of halogens is 1. The molecule has 0 fully saturated rings. The molecule has 1 aliphatic carbocycles. The summed E-state index contributed by atoms with van der Waals surface area (Å²) in [5.74, 6) is 0.179. The van der Waals surface area contributed by atoms with Crippen LogP contribution >= 0.6 is 27.3 Å². The molecule has 3 rings (SSSR count). The minimum Gasteiger partial charge on any atom is -0.496 e. The van der Waals surface area contributed by atoms with Crippen LogP contribution in [0.3, 0.4) is 0 Å². The zero-order chi connectivity index (χ0) is 20.6. The molecule has 1 heterocycles. The summed E-state index contributed by atoms with van der Waals surface area (Å²) in [4.78, 5) is 26.2. The average Bonchev–Trinajstić information content (AvgIpc) is 2.97. The third-order valence-corrected chi connectivity index (χ3v) is 7.03. The molecule has 1 aromatic carbocycles. The van der Waals surface area contributed by atoms with Crippen LogP contribution in [-0.2, 0) is 12.8 Å². The molecule has 0 saturated heterocycles. The fourth-order valence-electron chi connectivity index (χ4n) is 3.70. The van der Waals surface area contributed by atoms with E-state index in [1.54, 1.807) is 18.2 Å². The predicted molar refractivity (Wildman–Crippen MR) is 116 cm³/mol. The first kappa shape index (κ1) is 20.9.